The van der Waals surface area contributed by atoms with Crippen LogP contribution in [0.5, 0.6) is 0 Å². The number of rotatable bonds is 4. The van der Waals surface area contributed by atoms with Crippen molar-refractivity contribution < 1.29 is 4.79 Å². The van der Waals surface area contributed by atoms with Gasteiger partial charge in [-0.2, -0.15) is 5.10 Å². The molecule has 1 aliphatic rings. The van der Waals surface area contributed by atoms with E-state index < -0.39 is 0 Å². The van der Waals surface area contributed by atoms with Crippen molar-refractivity contribution in [2.45, 2.75) is 13.0 Å². The van der Waals surface area contributed by atoms with E-state index in [1.54, 1.807) is 31.4 Å². The third-order valence-electron chi connectivity index (χ3n) is 5.73. The average Bonchev–Trinajstić information content (AvgIpc) is 3.43. The Morgan fingerprint density at radius 3 is 2.83 bits per heavy atom. The van der Waals surface area contributed by atoms with Crippen LogP contribution in [0.4, 0.5) is 11.5 Å². The number of benzene rings is 2. The first-order valence-corrected chi connectivity index (χ1v) is 9.85. The summed E-state index contributed by atoms with van der Waals surface area (Å²) < 4.78 is 3.40. The average molecular weight is 402 g/mol. The van der Waals surface area contributed by atoms with E-state index in [9.17, 15) is 9.59 Å². The maximum atomic E-state index is 12.6. The Kier molecular flexibility index (Phi) is 4.20. The molecule has 2 aromatic heterocycles. The lowest BCUT2D eigenvalue weighted by atomic mass is 10.1. The molecule has 1 aliphatic heterocycles. The highest BCUT2D eigenvalue weighted by molar-refractivity contribution is 5.97. The zero-order chi connectivity index (χ0) is 20.8. The van der Waals surface area contributed by atoms with Crippen LogP contribution in [0.3, 0.4) is 0 Å². The van der Waals surface area contributed by atoms with Gasteiger partial charge in [0.25, 0.3) is 5.91 Å². The van der Waals surface area contributed by atoms with Crippen LogP contribution in [0.15, 0.2) is 53.5 Å². The predicted molar refractivity (Wildman–Crippen MR) is 115 cm³/mol. The van der Waals surface area contributed by atoms with Crippen molar-refractivity contribution in [2.75, 3.05) is 11.4 Å². The number of H-pyrrole nitrogens is 1. The van der Waals surface area contributed by atoms with Crippen LogP contribution in [0, 0.1) is 0 Å². The van der Waals surface area contributed by atoms with Crippen molar-refractivity contribution in [3.63, 3.8) is 0 Å². The fourth-order valence-corrected chi connectivity index (χ4v) is 4.10. The molecule has 0 atom stereocenters. The van der Waals surface area contributed by atoms with Gasteiger partial charge in [-0.1, -0.05) is 12.1 Å². The van der Waals surface area contributed by atoms with Gasteiger partial charge in [-0.05, 0) is 41.8 Å². The van der Waals surface area contributed by atoms with Gasteiger partial charge in [-0.25, -0.2) is 4.79 Å². The second kappa shape index (κ2) is 6.91. The number of aryl methyl sites for hydroxylation is 2. The fourth-order valence-electron chi connectivity index (χ4n) is 4.10. The number of aromatic nitrogens is 4. The highest BCUT2D eigenvalue weighted by Crippen LogP contribution is 2.34. The van der Waals surface area contributed by atoms with Crippen molar-refractivity contribution in [1.29, 1.82) is 0 Å². The molecule has 2 aromatic carbocycles. The van der Waals surface area contributed by atoms with E-state index in [1.165, 1.54) is 15.8 Å². The number of imidazole rings is 1. The molecule has 152 valence electrons. The van der Waals surface area contributed by atoms with Crippen LogP contribution < -0.4 is 15.9 Å². The van der Waals surface area contributed by atoms with Gasteiger partial charge in [0.2, 0.25) is 0 Å². The Bertz CT molecular complexity index is 1330. The summed E-state index contributed by atoms with van der Waals surface area (Å²) in [7, 11) is 3.64. The molecule has 30 heavy (non-hydrogen) atoms. The van der Waals surface area contributed by atoms with Gasteiger partial charge < -0.3 is 15.2 Å². The van der Waals surface area contributed by atoms with Gasteiger partial charge in [0.15, 0.2) is 0 Å². The minimum Gasteiger partial charge on any atom is -0.348 e. The lowest BCUT2D eigenvalue weighted by Gasteiger charge is -2.19. The van der Waals surface area contributed by atoms with E-state index in [2.05, 4.69) is 32.4 Å². The highest BCUT2D eigenvalue weighted by atomic mass is 16.2. The SMILES string of the molecule is Cn1nccc1N1CCc2cc(CNC(=O)c3ccc4c(c3)[nH]c(=O)n4C)ccc21. The summed E-state index contributed by atoms with van der Waals surface area (Å²) in [4.78, 5) is 29.4. The van der Waals surface area contributed by atoms with Gasteiger partial charge >= 0.3 is 5.69 Å². The first-order chi connectivity index (χ1) is 14.5. The van der Waals surface area contributed by atoms with Crippen LogP contribution in [-0.2, 0) is 27.1 Å². The molecule has 0 fully saturated rings. The molecular weight excluding hydrogens is 380 g/mol. The molecule has 1 amide bonds. The summed E-state index contributed by atoms with van der Waals surface area (Å²) in [6, 6.07) is 13.6. The minimum atomic E-state index is -0.194. The van der Waals surface area contributed by atoms with E-state index in [4.69, 9.17) is 0 Å². The fraction of sp³-hybridized carbons (Fsp3) is 0.227. The van der Waals surface area contributed by atoms with Crippen LogP contribution in [0.25, 0.3) is 11.0 Å². The highest BCUT2D eigenvalue weighted by Gasteiger charge is 2.22. The number of carbonyl (C=O) groups is 1. The lowest BCUT2D eigenvalue weighted by Crippen LogP contribution is -2.22. The molecule has 0 spiro atoms. The summed E-state index contributed by atoms with van der Waals surface area (Å²) in [6.45, 7) is 1.36. The van der Waals surface area contributed by atoms with Crippen LogP contribution >= 0.6 is 0 Å². The number of hydrogen-bond donors (Lipinski definition) is 2. The smallest absolute Gasteiger partial charge is 0.326 e. The summed E-state index contributed by atoms with van der Waals surface area (Å²) in [5.74, 6) is 0.905. The van der Waals surface area contributed by atoms with Gasteiger partial charge in [0.05, 0.1) is 17.2 Å². The van der Waals surface area contributed by atoms with Crippen molar-refractivity contribution in [2.24, 2.45) is 14.1 Å². The Hall–Kier alpha value is -3.81. The molecule has 0 aliphatic carbocycles. The van der Waals surface area contributed by atoms with Gasteiger partial charge in [-0.15, -0.1) is 0 Å². The second-order valence-corrected chi connectivity index (χ2v) is 7.58. The molecule has 5 rings (SSSR count). The third kappa shape index (κ3) is 2.97. The number of carbonyl (C=O) groups excluding carboxylic acids is 1. The van der Waals surface area contributed by atoms with Crippen molar-refractivity contribution in [3.8, 4) is 0 Å². The van der Waals surface area contributed by atoms with E-state index in [-0.39, 0.29) is 11.6 Å². The molecule has 4 aromatic rings. The zero-order valence-corrected chi connectivity index (χ0v) is 16.8. The molecular formula is C22H22N6O2. The first-order valence-electron chi connectivity index (χ1n) is 9.85. The van der Waals surface area contributed by atoms with Gasteiger partial charge in [0, 0.05) is 44.5 Å². The van der Waals surface area contributed by atoms with Crippen LogP contribution in [0.1, 0.15) is 21.5 Å². The number of anilines is 2. The maximum absolute atomic E-state index is 12.6. The Morgan fingerprint density at radius 1 is 1.17 bits per heavy atom. The van der Waals surface area contributed by atoms with Crippen molar-refractivity contribution in [3.05, 3.63) is 75.8 Å². The van der Waals surface area contributed by atoms with Gasteiger partial charge in [-0.3, -0.25) is 14.0 Å². The van der Waals surface area contributed by atoms with E-state index in [1.807, 2.05) is 23.9 Å². The normalized spacial score (nSPS) is 13.1. The number of nitrogens with zero attached hydrogens (tertiary/aromatic N) is 4. The first kappa shape index (κ1) is 18.2. The Labute approximate surface area is 172 Å². The third-order valence-corrected chi connectivity index (χ3v) is 5.73. The Balaban J connectivity index is 1.31. The van der Waals surface area contributed by atoms with Crippen LogP contribution in [-0.4, -0.2) is 31.8 Å². The van der Waals surface area contributed by atoms with E-state index in [0.717, 1.165) is 29.9 Å². The van der Waals surface area contributed by atoms with Crippen molar-refractivity contribution in [1.82, 2.24) is 24.6 Å². The number of hydrogen-bond acceptors (Lipinski definition) is 4. The number of nitrogens with one attached hydrogen (secondary N) is 2. The topological polar surface area (TPSA) is 88.0 Å². The number of amides is 1. The molecule has 0 saturated heterocycles. The van der Waals surface area contributed by atoms with Crippen LogP contribution in [0.2, 0.25) is 0 Å². The van der Waals surface area contributed by atoms with E-state index >= 15 is 0 Å². The molecule has 0 unspecified atom stereocenters. The lowest BCUT2D eigenvalue weighted by molar-refractivity contribution is 0.0951. The largest absolute Gasteiger partial charge is 0.348 e. The molecule has 0 radical (unpaired) electrons. The summed E-state index contributed by atoms with van der Waals surface area (Å²) in [5.41, 5.74) is 5.27. The zero-order valence-electron chi connectivity index (χ0n) is 16.8. The molecule has 2 N–H and O–H groups in total. The number of fused-ring (bicyclic) bond motifs is 2. The molecule has 8 nitrogen and oxygen atoms in total. The predicted octanol–water partition coefficient (Wildman–Crippen LogP) is 2.22. The summed E-state index contributed by atoms with van der Waals surface area (Å²) >= 11 is 0. The quantitative estimate of drug-likeness (QED) is 0.548. The number of aromatic amines is 1. The molecule has 3 heterocycles. The summed E-state index contributed by atoms with van der Waals surface area (Å²) in [5, 5.41) is 7.24. The molecule has 0 bridgehead atoms. The second-order valence-electron chi connectivity index (χ2n) is 7.58. The molecule has 0 saturated carbocycles. The Morgan fingerprint density at radius 2 is 2.03 bits per heavy atom. The monoisotopic (exact) mass is 402 g/mol. The van der Waals surface area contributed by atoms with E-state index in [0.29, 0.717) is 17.6 Å². The summed E-state index contributed by atoms with van der Waals surface area (Å²) in [6.07, 6.45) is 2.76. The molecule has 8 heteroatoms. The minimum absolute atomic E-state index is 0.168. The van der Waals surface area contributed by atoms with Gasteiger partial charge in [0.1, 0.15) is 5.82 Å². The van der Waals surface area contributed by atoms with Crippen molar-refractivity contribution >= 4 is 28.4 Å². The maximum Gasteiger partial charge on any atom is 0.326 e. The standard InChI is InChI=1S/C22H22N6O2/c1-26-19-6-4-16(12-17(19)25-22(26)30)21(29)23-13-14-3-5-18-15(11-14)8-10-28(18)20-7-9-24-27(20)2/h3-7,9,11-12H,8,10,13H2,1-2H3,(H,23,29)(H,25,30).